The first-order valence-corrected chi connectivity index (χ1v) is 8.54. The minimum atomic E-state index is -0.998. The molecule has 25 heavy (non-hydrogen) atoms. The first-order valence-electron chi connectivity index (χ1n) is 7.28. The fourth-order valence-electron chi connectivity index (χ4n) is 1.86. The number of anilines is 1. The molecular formula is C17H15ClFNO4S. The molecule has 0 bridgehead atoms. The molecule has 2 aromatic carbocycles. The highest BCUT2D eigenvalue weighted by Crippen LogP contribution is 2.27. The summed E-state index contributed by atoms with van der Waals surface area (Å²) in [4.78, 5) is 23.7. The molecule has 2 rings (SSSR count). The van der Waals surface area contributed by atoms with Gasteiger partial charge in [-0.05, 0) is 48.5 Å². The minimum Gasteiger partial charge on any atom is -0.480 e. The summed E-state index contributed by atoms with van der Waals surface area (Å²) < 4.78 is 17.8. The number of carboxylic acids is 1. The summed E-state index contributed by atoms with van der Waals surface area (Å²) in [5.41, 5.74) is 0.386. The summed E-state index contributed by atoms with van der Waals surface area (Å²) in [7, 11) is 0. The Morgan fingerprint density at radius 3 is 2.40 bits per heavy atom. The number of carboxylic acid groups (broad SMARTS) is 1. The van der Waals surface area contributed by atoms with E-state index in [1.807, 2.05) is 0 Å². The SMILES string of the molecule is O=C(Nc1ccc(F)cc1)OCCC(Sc1ccc(Cl)cc1)C(=O)O. The van der Waals surface area contributed by atoms with Gasteiger partial charge in [-0.15, -0.1) is 11.8 Å². The summed E-state index contributed by atoms with van der Waals surface area (Å²) >= 11 is 6.94. The third-order valence-electron chi connectivity index (χ3n) is 3.07. The first kappa shape index (κ1) is 19.1. The lowest BCUT2D eigenvalue weighted by molar-refractivity contribution is -0.136. The third-order valence-corrected chi connectivity index (χ3v) is 4.59. The molecule has 0 saturated heterocycles. The van der Waals surface area contributed by atoms with E-state index in [4.69, 9.17) is 16.3 Å². The van der Waals surface area contributed by atoms with E-state index in [-0.39, 0.29) is 13.0 Å². The molecule has 0 heterocycles. The monoisotopic (exact) mass is 383 g/mol. The maximum Gasteiger partial charge on any atom is 0.411 e. The van der Waals surface area contributed by atoms with E-state index in [2.05, 4.69) is 5.32 Å². The van der Waals surface area contributed by atoms with Crippen LogP contribution >= 0.6 is 23.4 Å². The Morgan fingerprint density at radius 2 is 1.80 bits per heavy atom. The largest absolute Gasteiger partial charge is 0.480 e. The minimum absolute atomic E-state index is 0.0649. The second-order valence-electron chi connectivity index (χ2n) is 4.96. The fourth-order valence-corrected chi connectivity index (χ4v) is 2.92. The normalized spacial score (nSPS) is 11.6. The van der Waals surface area contributed by atoms with Crippen LogP contribution in [0, 0.1) is 5.82 Å². The Hall–Kier alpha value is -2.25. The van der Waals surface area contributed by atoms with Crippen molar-refractivity contribution in [2.24, 2.45) is 0 Å². The topological polar surface area (TPSA) is 75.6 Å². The molecular weight excluding hydrogens is 369 g/mol. The van der Waals surface area contributed by atoms with Crippen LogP contribution in [-0.4, -0.2) is 29.0 Å². The van der Waals surface area contributed by atoms with Crippen LogP contribution in [0.3, 0.4) is 0 Å². The van der Waals surface area contributed by atoms with Crippen molar-refractivity contribution >= 4 is 41.1 Å². The van der Waals surface area contributed by atoms with E-state index >= 15 is 0 Å². The van der Waals surface area contributed by atoms with Crippen molar-refractivity contribution in [3.63, 3.8) is 0 Å². The Kier molecular flexibility index (Phi) is 7.09. The van der Waals surface area contributed by atoms with Crippen LogP contribution in [0.4, 0.5) is 14.9 Å². The quantitative estimate of drug-likeness (QED) is 0.680. The molecule has 2 N–H and O–H groups in total. The number of carbonyl (C=O) groups excluding carboxylic acids is 1. The number of hydrogen-bond donors (Lipinski definition) is 2. The van der Waals surface area contributed by atoms with E-state index in [1.54, 1.807) is 24.3 Å². The molecule has 2 aromatic rings. The molecule has 1 unspecified atom stereocenters. The highest BCUT2D eigenvalue weighted by molar-refractivity contribution is 8.00. The van der Waals surface area contributed by atoms with Crippen molar-refractivity contribution in [3.05, 3.63) is 59.4 Å². The van der Waals surface area contributed by atoms with Crippen LogP contribution in [0.2, 0.25) is 5.02 Å². The van der Waals surface area contributed by atoms with Gasteiger partial charge in [0.1, 0.15) is 11.1 Å². The average molecular weight is 384 g/mol. The molecule has 0 aliphatic rings. The molecule has 132 valence electrons. The van der Waals surface area contributed by atoms with Gasteiger partial charge in [-0.2, -0.15) is 0 Å². The molecule has 0 radical (unpaired) electrons. The molecule has 0 aliphatic carbocycles. The summed E-state index contributed by atoms with van der Waals surface area (Å²) in [6, 6.07) is 12.0. The highest BCUT2D eigenvalue weighted by atomic mass is 35.5. The van der Waals surface area contributed by atoms with Gasteiger partial charge in [0.05, 0.1) is 6.61 Å². The zero-order valence-electron chi connectivity index (χ0n) is 12.9. The summed E-state index contributed by atoms with van der Waals surface area (Å²) in [6.07, 6.45) is -0.591. The lowest BCUT2D eigenvalue weighted by atomic mass is 10.3. The summed E-state index contributed by atoms with van der Waals surface area (Å²) in [5, 5.41) is 11.5. The Bertz CT molecular complexity index is 724. The summed E-state index contributed by atoms with van der Waals surface area (Å²) in [6.45, 7) is -0.0649. The lowest BCUT2D eigenvalue weighted by Crippen LogP contribution is -2.21. The Labute approximate surface area is 153 Å². The zero-order chi connectivity index (χ0) is 18.2. The van der Waals surface area contributed by atoms with Gasteiger partial charge >= 0.3 is 12.1 Å². The molecule has 0 fully saturated rings. The standard InChI is InChI=1S/C17H15ClFNO4S/c18-11-1-7-14(8-2-11)25-15(16(21)22)9-10-24-17(23)20-13-5-3-12(19)4-6-13/h1-8,15H,9-10H2,(H,20,23)(H,21,22). The maximum absolute atomic E-state index is 12.8. The van der Waals surface area contributed by atoms with Crippen LogP contribution in [0.25, 0.3) is 0 Å². The van der Waals surface area contributed by atoms with Crippen LogP contribution in [0.5, 0.6) is 0 Å². The number of thioether (sulfide) groups is 1. The van der Waals surface area contributed by atoms with Crippen LogP contribution < -0.4 is 5.32 Å². The average Bonchev–Trinajstić information content (AvgIpc) is 2.57. The van der Waals surface area contributed by atoms with Crippen molar-refractivity contribution in [1.82, 2.24) is 0 Å². The van der Waals surface area contributed by atoms with Gasteiger partial charge < -0.3 is 9.84 Å². The smallest absolute Gasteiger partial charge is 0.411 e. The second-order valence-corrected chi connectivity index (χ2v) is 6.67. The number of benzene rings is 2. The van der Waals surface area contributed by atoms with Gasteiger partial charge in [-0.1, -0.05) is 11.6 Å². The van der Waals surface area contributed by atoms with Crippen molar-refractivity contribution in [2.45, 2.75) is 16.6 Å². The van der Waals surface area contributed by atoms with Gasteiger partial charge in [0.2, 0.25) is 0 Å². The van der Waals surface area contributed by atoms with Crippen molar-refractivity contribution < 1.29 is 23.8 Å². The zero-order valence-corrected chi connectivity index (χ0v) is 14.5. The molecule has 8 heteroatoms. The van der Waals surface area contributed by atoms with Crippen molar-refractivity contribution in [1.29, 1.82) is 0 Å². The second kappa shape index (κ2) is 9.29. The van der Waals surface area contributed by atoms with Gasteiger partial charge in [0, 0.05) is 22.0 Å². The number of amides is 1. The number of carbonyl (C=O) groups is 2. The highest BCUT2D eigenvalue weighted by Gasteiger charge is 2.19. The van der Waals surface area contributed by atoms with E-state index < -0.39 is 23.1 Å². The number of ether oxygens (including phenoxy) is 1. The van der Waals surface area contributed by atoms with Crippen LogP contribution in [0.15, 0.2) is 53.4 Å². The Balaban J connectivity index is 1.80. The van der Waals surface area contributed by atoms with E-state index in [0.29, 0.717) is 10.7 Å². The molecule has 1 atom stereocenters. The fraction of sp³-hybridized carbons (Fsp3) is 0.176. The predicted octanol–water partition coefficient (Wildman–Crippen LogP) is 4.66. The maximum atomic E-state index is 12.8. The van der Waals surface area contributed by atoms with Crippen LogP contribution in [-0.2, 0) is 9.53 Å². The van der Waals surface area contributed by atoms with Gasteiger partial charge in [0.15, 0.2) is 0 Å². The van der Waals surface area contributed by atoms with Crippen LogP contribution in [0.1, 0.15) is 6.42 Å². The molecule has 0 saturated carbocycles. The van der Waals surface area contributed by atoms with Crippen molar-refractivity contribution in [3.8, 4) is 0 Å². The number of rotatable bonds is 7. The number of aliphatic carboxylic acids is 1. The first-order chi connectivity index (χ1) is 11.9. The summed E-state index contributed by atoms with van der Waals surface area (Å²) in [5.74, 6) is -1.41. The number of nitrogens with one attached hydrogen (secondary N) is 1. The lowest BCUT2D eigenvalue weighted by Gasteiger charge is -2.13. The van der Waals surface area contributed by atoms with Gasteiger partial charge in [0.25, 0.3) is 0 Å². The Morgan fingerprint density at radius 1 is 1.16 bits per heavy atom. The number of hydrogen-bond acceptors (Lipinski definition) is 4. The predicted molar refractivity (Wildman–Crippen MR) is 94.7 cm³/mol. The number of halogens is 2. The molecule has 1 amide bonds. The molecule has 5 nitrogen and oxygen atoms in total. The molecule has 0 aliphatic heterocycles. The molecule has 0 aromatic heterocycles. The third kappa shape index (κ3) is 6.64. The van der Waals surface area contributed by atoms with E-state index in [1.165, 1.54) is 24.3 Å². The molecule has 0 spiro atoms. The van der Waals surface area contributed by atoms with E-state index in [0.717, 1.165) is 16.7 Å². The van der Waals surface area contributed by atoms with E-state index in [9.17, 15) is 19.1 Å². The van der Waals surface area contributed by atoms with Crippen molar-refractivity contribution in [2.75, 3.05) is 11.9 Å². The van der Waals surface area contributed by atoms with Gasteiger partial charge in [-0.3, -0.25) is 10.1 Å². The van der Waals surface area contributed by atoms with Gasteiger partial charge in [-0.25, -0.2) is 9.18 Å².